The first-order valence-electron chi connectivity index (χ1n) is 10.7. The van der Waals surface area contributed by atoms with Gasteiger partial charge in [0.2, 0.25) is 0 Å². The van der Waals surface area contributed by atoms with Crippen LogP contribution in [0.2, 0.25) is 0 Å². The number of fused-ring (bicyclic) bond motifs is 1. The van der Waals surface area contributed by atoms with E-state index in [1.807, 2.05) is 54.7 Å². The zero-order chi connectivity index (χ0) is 20.2. The summed E-state index contributed by atoms with van der Waals surface area (Å²) in [5.74, 6) is 1.77. The summed E-state index contributed by atoms with van der Waals surface area (Å²) in [6.45, 7) is 0.512. The van der Waals surface area contributed by atoms with Gasteiger partial charge in [-0.15, -0.1) is 0 Å². The summed E-state index contributed by atoms with van der Waals surface area (Å²) < 4.78 is 8.28. The molecule has 0 bridgehead atoms. The Labute approximate surface area is 176 Å². The molecular weight excluding hydrogens is 372 g/mol. The lowest BCUT2D eigenvalue weighted by Crippen LogP contribution is -2.23. The Hall–Kier alpha value is -3.34. The normalized spacial score (nSPS) is 14.7. The van der Waals surface area contributed by atoms with Gasteiger partial charge in [-0.1, -0.05) is 55.7 Å². The Kier molecular flexibility index (Phi) is 5.34. The highest BCUT2D eigenvalue weighted by Crippen LogP contribution is 2.33. The number of nitrogens with one attached hydrogen (secondary N) is 1. The summed E-state index contributed by atoms with van der Waals surface area (Å²) in [5.41, 5.74) is 3.69. The van der Waals surface area contributed by atoms with E-state index in [0.717, 1.165) is 34.2 Å². The lowest BCUT2D eigenvalue weighted by Gasteiger charge is -2.24. The molecule has 0 atom stereocenters. The van der Waals surface area contributed by atoms with Crippen LogP contribution in [0.15, 0.2) is 73.1 Å². The van der Waals surface area contributed by atoms with Crippen molar-refractivity contribution in [3.8, 4) is 17.1 Å². The average Bonchev–Trinajstić information content (AvgIpc) is 3.18. The fraction of sp³-hybridized carbons (Fsp3) is 0.280. The van der Waals surface area contributed by atoms with Crippen molar-refractivity contribution in [3.05, 3.63) is 78.6 Å². The van der Waals surface area contributed by atoms with Crippen LogP contribution in [-0.2, 0) is 6.61 Å². The van der Waals surface area contributed by atoms with Crippen LogP contribution in [0, 0.1) is 0 Å². The molecule has 1 aromatic carbocycles. The van der Waals surface area contributed by atoms with Gasteiger partial charge in [-0.25, -0.2) is 4.98 Å². The van der Waals surface area contributed by atoms with Crippen LogP contribution in [0.5, 0.6) is 5.75 Å². The SMILES string of the molecule is c1ccc(COc2cccn3c(NC4CCCCC4)c(-c4ccccn4)nc23)cc1. The number of benzene rings is 1. The molecule has 152 valence electrons. The molecule has 3 heterocycles. The second-order valence-corrected chi connectivity index (χ2v) is 7.84. The van der Waals surface area contributed by atoms with E-state index >= 15 is 0 Å². The number of ether oxygens (including phenoxy) is 1. The number of imidazole rings is 1. The first-order valence-corrected chi connectivity index (χ1v) is 10.7. The molecule has 1 fully saturated rings. The predicted molar refractivity (Wildman–Crippen MR) is 120 cm³/mol. The minimum Gasteiger partial charge on any atom is -0.485 e. The van der Waals surface area contributed by atoms with Gasteiger partial charge in [-0.3, -0.25) is 9.38 Å². The van der Waals surface area contributed by atoms with E-state index in [2.05, 4.69) is 33.0 Å². The summed E-state index contributed by atoms with van der Waals surface area (Å²) in [7, 11) is 0. The van der Waals surface area contributed by atoms with Gasteiger partial charge in [0.1, 0.15) is 18.1 Å². The number of aromatic nitrogens is 3. The predicted octanol–water partition coefficient (Wildman–Crippen LogP) is 5.72. The van der Waals surface area contributed by atoms with E-state index in [4.69, 9.17) is 9.72 Å². The Morgan fingerprint density at radius 2 is 1.77 bits per heavy atom. The van der Waals surface area contributed by atoms with Gasteiger partial charge in [-0.05, 0) is 42.7 Å². The molecule has 5 heteroatoms. The van der Waals surface area contributed by atoms with Crippen molar-refractivity contribution in [1.29, 1.82) is 0 Å². The molecular formula is C25H26N4O. The Bertz CT molecular complexity index is 1100. The van der Waals surface area contributed by atoms with Gasteiger partial charge in [0.05, 0.1) is 5.69 Å². The minimum absolute atomic E-state index is 0.468. The molecule has 1 saturated carbocycles. The third-order valence-electron chi connectivity index (χ3n) is 5.70. The number of anilines is 1. The van der Waals surface area contributed by atoms with E-state index in [-0.39, 0.29) is 0 Å². The lowest BCUT2D eigenvalue weighted by atomic mass is 9.95. The lowest BCUT2D eigenvalue weighted by molar-refractivity contribution is 0.308. The molecule has 1 aliphatic carbocycles. The molecule has 0 radical (unpaired) electrons. The highest BCUT2D eigenvalue weighted by molar-refractivity contribution is 5.76. The quantitative estimate of drug-likeness (QED) is 0.451. The van der Waals surface area contributed by atoms with Crippen LogP contribution in [0.4, 0.5) is 5.82 Å². The third kappa shape index (κ3) is 3.88. The summed E-state index contributed by atoms with van der Waals surface area (Å²) in [4.78, 5) is 9.54. The molecule has 3 aromatic heterocycles. The molecule has 0 amide bonds. The van der Waals surface area contributed by atoms with Crippen LogP contribution in [0.3, 0.4) is 0 Å². The van der Waals surface area contributed by atoms with Crippen molar-refractivity contribution in [2.24, 2.45) is 0 Å². The molecule has 0 aliphatic heterocycles. The van der Waals surface area contributed by atoms with E-state index in [0.29, 0.717) is 12.6 Å². The summed E-state index contributed by atoms with van der Waals surface area (Å²) in [6, 6.07) is 20.6. The highest BCUT2D eigenvalue weighted by atomic mass is 16.5. The Balaban J connectivity index is 1.53. The smallest absolute Gasteiger partial charge is 0.182 e. The van der Waals surface area contributed by atoms with E-state index < -0.39 is 0 Å². The van der Waals surface area contributed by atoms with Gasteiger partial charge in [0.15, 0.2) is 11.4 Å². The first-order chi connectivity index (χ1) is 14.9. The molecule has 1 aliphatic rings. The van der Waals surface area contributed by atoms with Crippen molar-refractivity contribution < 1.29 is 4.74 Å². The fourth-order valence-electron chi connectivity index (χ4n) is 4.15. The van der Waals surface area contributed by atoms with Gasteiger partial charge in [-0.2, -0.15) is 0 Å². The minimum atomic E-state index is 0.468. The van der Waals surface area contributed by atoms with Gasteiger partial charge < -0.3 is 10.1 Å². The fourth-order valence-corrected chi connectivity index (χ4v) is 4.15. The number of hydrogen-bond acceptors (Lipinski definition) is 4. The van der Waals surface area contributed by atoms with Crippen LogP contribution in [-0.4, -0.2) is 20.4 Å². The maximum Gasteiger partial charge on any atom is 0.182 e. The van der Waals surface area contributed by atoms with E-state index in [1.54, 1.807) is 0 Å². The van der Waals surface area contributed by atoms with E-state index in [1.165, 1.54) is 32.1 Å². The Morgan fingerprint density at radius 3 is 2.57 bits per heavy atom. The van der Waals surface area contributed by atoms with Crippen LogP contribution in [0.1, 0.15) is 37.7 Å². The van der Waals surface area contributed by atoms with Gasteiger partial charge >= 0.3 is 0 Å². The maximum atomic E-state index is 6.17. The molecule has 0 unspecified atom stereocenters. The molecule has 5 rings (SSSR count). The Morgan fingerprint density at radius 1 is 0.933 bits per heavy atom. The molecule has 4 aromatic rings. The van der Waals surface area contributed by atoms with Crippen LogP contribution >= 0.6 is 0 Å². The second kappa shape index (κ2) is 8.57. The van der Waals surface area contributed by atoms with Crippen molar-refractivity contribution in [3.63, 3.8) is 0 Å². The number of pyridine rings is 2. The topological polar surface area (TPSA) is 51.5 Å². The third-order valence-corrected chi connectivity index (χ3v) is 5.70. The van der Waals surface area contributed by atoms with E-state index in [9.17, 15) is 0 Å². The van der Waals surface area contributed by atoms with Crippen molar-refractivity contribution in [2.75, 3.05) is 5.32 Å². The molecule has 0 saturated heterocycles. The highest BCUT2D eigenvalue weighted by Gasteiger charge is 2.21. The van der Waals surface area contributed by atoms with Crippen molar-refractivity contribution in [2.45, 2.75) is 44.8 Å². The molecule has 0 spiro atoms. The van der Waals surface area contributed by atoms with Crippen molar-refractivity contribution >= 4 is 11.5 Å². The zero-order valence-corrected chi connectivity index (χ0v) is 17.0. The average molecular weight is 399 g/mol. The summed E-state index contributed by atoms with van der Waals surface area (Å²) in [6.07, 6.45) is 10.1. The standard InChI is InChI=1S/C25H26N4O/c1-3-10-19(11-4-1)18-30-22-15-9-17-29-24(22)28-23(21-14-7-8-16-26-21)25(29)27-20-12-5-2-6-13-20/h1,3-4,7-11,14-17,20,27H,2,5-6,12-13,18H2. The van der Waals surface area contributed by atoms with Crippen LogP contribution < -0.4 is 10.1 Å². The zero-order valence-electron chi connectivity index (χ0n) is 17.0. The maximum absolute atomic E-state index is 6.17. The van der Waals surface area contributed by atoms with Gasteiger partial charge in [0.25, 0.3) is 0 Å². The number of nitrogens with zero attached hydrogens (tertiary/aromatic N) is 3. The number of rotatable bonds is 6. The monoisotopic (exact) mass is 398 g/mol. The summed E-state index contributed by atoms with van der Waals surface area (Å²) in [5, 5.41) is 3.78. The van der Waals surface area contributed by atoms with Crippen LogP contribution in [0.25, 0.3) is 17.0 Å². The largest absolute Gasteiger partial charge is 0.485 e. The van der Waals surface area contributed by atoms with Gasteiger partial charge in [0, 0.05) is 18.4 Å². The summed E-state index contributed by atoms with van der Waals surface area (Å²) >= 11 is 0. The first kappa shape index (κ1) is 18.7. The molecule has 30 heavy (non-hydrogen) atoms. The molecule has 1 N–H and O–H groups in total. The second-order valence-electron chi connectivity index (χ2n) is 7.84. The number of hydrogen-bond donors (Lipinski definition) is 1. The van der Waals surface area contributed by atoms with Crippen molar-refractivity contribution in [1.82, 2.24) is 14.4 Å². The molecule has 5 nitrogen and oxygen atoms in total.